The minimum Gasteiger partial charge on any atom is -0.497 e. The number of nitrogens with zero attached hydrogens (tertiary/aromatic N) is 1. The molecule has 0 aliphatic carbocycles. The molecule has 7 heteroatoms. The lowest BCUT2D eigenvalue weighted by molar-refractivity contribution is -0.138. The molecule has 1 N–H and O–H groups in total. The number of hydrogen-bond donors (Lipinski definition) is 1. The molecule has 0 aliphatic rings. The van der Waals surface area contributed by atoms with Gasteiger partial charge < -0.3 is 15.0 Å². The van der Waals surface area contributed by atoms with Gasteiger partial charge in [-0.15, -0.1) is 11.8 Å². The number of nitrogens with one attached hydrogen (secondary N) is 1. The van der Waals surface area contributed by atoms with E-state index in [-0.39, 0.29) is 11.8 Å². The van der Waals surface area contributed by atoms with Crippen molar-refractivity contribution in [2.24, 2.45) is 0 Å². The summed E-state index contributed by atoms with van der Waals surface area (Å²) in [5.74, 6) is 1.56. The predicted molar refractivity (Wildman–Crippen MR) is 122 cm³/mol. The van der Waals surface area contributed by atoms with Gasteiger partial charge in [0.15, 0.2) is 0 Å². The van der Waals surface area contributed by atoms with Crippen LogP contribution in [0.5, 0.6) is 5.75 Å². The van der Waals surface area contributed by atoms with Crippen LogP contribution in [0.3, 0.4) is 0 Å². The molecule has 0 fully saturated rings. The quantitative estimate of drug-likeness (QED) is 0.554. The second-order valence-corrected chi connectivity index (χ2v) is 8.46. The van der Waals surface area contributed by atoms with Crippen molar-refractivity contribution >= 4 is 39.5 Å². The molecule has 5 nitrogen and oxygen atoms in total. The summed E-state index contributed by atoms with van der Waals surface area (Å²) in [7, 11) is 1.61. The number of benzene rings is 2. The normalized spacial score (nSPS) is 11.6. The van der Waals surface area contributed by atoms with E-state index in [4.69, 9.17) is 4.74 Å². The van der Waals surface area contributed by atoms with Gasteiger partial charge in [-0.1, -0.05) is 40.2 Å². The smallest absolute Gasteiger partial charge is 0.242 e. The molecule has 1 unspecified atom stereocenters. The van der Waals surface area contributed by atoms with Gasteiger partial charge in [-0.2, -0.15) is 0 Å². The molecule has 0 aromatic heterocycles. The van der Waals surface area contributed by atoms with Crippen LogP contribution in [-0.2, 0) is 21.9 Å². The third-order valence-electron chi connectivity index (χ3n) is 4.41. The van der Waals surface area contributed by atoms with E-state index in [0.29, 0.717) is 18.8 Å². The first kappa shape index (κ1) is 23.3. The molecule has 0 bridgehead atoms. The molecule has 2 amide bonds. The first-order valence-corrected chi connectivity index (χ1v) is 11.4. The van der Waals surface area contributed by atoms with Crippen LogP contribution in [0.25, 0.3) is 0 Å². The molecule has 29 heavy (non-hydrogen) atoms. The van der Waals surface area contributed by atoms with Crippen LogP contribution in [0.1, 0.15) is 25.0 Å². The van der Waals surface area contributed by atoms with Crippen LogP contribution in [0.4, 0.5) is 0 Å². The number of ether oxygens (including phenoxy) is 1. The fourth-order valence-corrected chi connectivity index (χ4v) is 3.93. The molecular weight excluding hydrogens is 452 g/mol. The number of methoxy groups -OCH3 is 1. The van der Waals surface area contributed by atoms with Crippen molar-refractivity contribution in [2.75, 3.05) is 19.4 Å². The van der Waals surface area contributed by atoms with Crippen LogP contribution < -0.4 is 10.1 Å². The highest BCUT2D eigenvalue weighted by molar-refractivity contribution is 9.10. The maximum Gasteiger partial charge on any atom is 0.242 e. The van der Waals surface area contributed by atoms with Crippen molar-refractivity contribution in [1.29, 1.82) is 0 Å². The zero-order valence-corrected chi connectivity index (χ0v) is 19.4. The van der Waals surface area contributed by atoms with Crippen molar-refractivity contribution in [3.63, 3.8) is 0 Å². The van der Waals surface area contributed by atoms with Gasteiger partial charge in [0, 0.05) is 23.3 Å². The zero-order valence-electron chi connectivity index (χ0n) is 17.0. The van der Waals surface area contributed by atoms with E-state index in [9.17, 15) is 9.59 Å². The standard InChI is InChI=1S/C22H27BrN2O3S/c1-4-24-22(27)16(2)25(13-18-6-5-7-20(12-18)28-3)21(26)15-29-14-17-8-10-19(23)11-9-17/h5-12,16H,4,13-15H2,1-3H3,(H,24,27). The van der Waals surface area contributed by atoms with E-state index < -0.39 is 6.04 Å². The van der Waals surface area contributed by atoms with Gasteiger partial charge >= 0.3 is 0 Å². The maximum absolute atomic E-state index is 13.0. The molecule has 156 valence electrons. The monoisotopic (exact) mass is 478 g/mol. The minimum absolute atomic E-state index is 0.0614. The Bertz CT molecular complexity index is 814. The second kappa shape index (κ2) is 11.9. The third kappa shape index (κ3) is 7.40. The molecule has 0 radical (unpaired) electrons. The zero-order chi connectivity index (χ0) is 21.2. The fourth-order valence-electron chi connectivity index (χ4n) is 2.79. The van der Waals surface area contributed by atoms with Gasteiger partial charge in [0.25, 0.3) is 0 Å². The number of halogens is 1. The summed E-state index contributed by atoms with van der Waals surface area (Å²) in [6, 6.07) is 15.1. The van der Waals surface area contributed by atoms with Crippen molar-refractivity contribution < 1.29 is 14.3 Å². The van der Waals surface area contributed by atoms with E-state index in [0.717, 1.165) is 27.1 Å². The molecule has 2 rings (SSSR count). The predicted octanol–water partition coefficient (Wildman–Crippen LogP) is 4.24. The molecule has 2 aromatic carbocycles. The Hall–Kier alpha value is -1.99. The average molecular weight is 479 g/mol. The number of thioether (sulfide) groups is 1. The van der Waals surface area contributed by atoms with Crippen molar-refractivity contribution in [3.05, 3.63) is 64.1 Å². The van der Waals surface area contributed by atoms with Crippen molar-refractivity contribution in [2.45, 2.75) is 32.2 Å². The highest BCUT2D eigenvalue weighted by Crippen LogP contribution is 2.19. The Balaban J connectivity index is 2.06. The van der Waals surface area contributed by atoms with Gasteiger partial charge in [-0.05, 0) is 49.2 Å². The molecule has 1 atom stereocenters. The SMILES string of the molecule is CCNC(=O)C(C)N(Cc1cccc(OC)c1)C(=O)CSCc1ccc(Br)cc1. The first-order chi connectivity index (χ1) is 13.9. The van der Waals surface area contributed by atoms with Crippen LogP contribution in [0.15, 0.2) is 53.0 Å². The Morgan fingerprint density at radius 1 is 1.17 bits per heavy atom. The summed E-state index contributed by atoms with van der Waals surface area (Å²) >= 11 is 4.97. The molecule has 0 saturated heterocycles. The average Bonchev–Trinajstić information content (AvgIpc) is 2.73. The van der Waals surface area contributed by atoms with E-state index >= 15 is 0 Å². The first-order valence-electron chi connectivity index (χ1n) is 9.47. The van der Waals surface area contributed by atoms with Crippen LogP contribution in [-0.4, -0.2) is 42.2 Å². The number of rotatable bonds is 10. The Morgan fingerprint density at radius 3 is 2.55 bits per heavy atom. The highest BCUT2D eigenvalue weighted by Gasteiger charge is 2.25. The van der Waals surface area contributed by atoms with E-state index in [2.05, 4.69) is 21.2 Å². The molecule has 0 aliphatic heterocycles. The molecular formula is C22H27BrN2O3S. The summed E-state index contributed by atoms with van der Waals surface area (Å²) in [4.78, 5) is 27.0. The van der Waals surface area contributed by atoms with Crippen molar-refractivity contribution in [1.82, 2.24) is 10.2 Å². The van der Waals surface area contributed by atoms with Gasteiger partial charge in [-0.3, -0.25) is 9.59 Å². The van der Waals surface area contributed by atoms with Gasteiger partial charge in [0.1, 0.15) is 11.8 Å². The Kier molecular flexibility index (Phi) is 9.54. The van der Waals surface area contributed by atoms with Crippen molar-refractivity contribution in [3.8, 4) is 5.75 Å². The number of hydrogen-bond acceptors (Lipinski definition) is 4. The summed E-state index contributed by atoms with van der Waals surface area (Å²) < 4.78 is 6.31. The number of likely N-dealkylation sites (N-methyl/N-ethyl adjacent to an activating group) is 1. The second-order valence-electron chi connectivity index (χ2n) is 6.56. The molecule has 0 heterocycles. The molecule has 0 spiro atoms. The minimum atomic E-state index is -0.554. The number of amides is 2. The van der Waals surface area contributed by atoms with E-state index in [1.54, 1.807) is 30.7 Å². The Labute approximate surface area is 185 Å². The lowest BCUT2D eigenvalue weighted by Crippen LogP contribution is -2.48. The molecule has 0 saturated carbocycles. The summed E-state index contributed by atoms with van der Waals surface area (Å²) in [5, 5.41) is 2.81. The van der Waals surface area contributed by atoms with Gasteiger partial charge in [0.2, 0.25) is 11.8 Å². The molecule has 2 aromatic rings. The van der Waals surface area contributed by atoms with Gasteiger partial charge in [0.05, 0.1) is 12.9 Å². The summed E-state index contributed by atoms with van der Waals surface area (Å²) in [5.41, 5.74) is 2.08. The number of carbonyl (C=O) groups excluding carboxylic acids is 2. The van der Waals surface area contributed by atoms with Crippen LogP contribution in [0.2, 0.25) is 0 Å². The highest BCUT2D eigenvalue weighted by atomic mass is 79.9. The van der Waals surface area contributed by atoms with Gasteiger partial charge in [-0.25, -0.2) is 0 Å². The largest absolute Gasteiger partial charge is 0.497 e. The lowest BCUT2D eigenvalue weighted by atomic mass is 10.1. The summed E-state index contributed by atoms with van der Waals surface area (Å²) in [6.45, 7) is 4.52. The topological polar surface area (TPSA) is 58.6 Å². The lowest BCUT2D eigenvalue weighted by Gasteiger charge is -2.28. The van der Waals surface area contributed by atoms with E-state index in [1.807, 2.05) is 55.5 Å². The fraction of sp³-hybridized carbons (Fsp3) is 0.364. The van der Waals surface area contributed by atoms with E-state index in [1.165, 1.54) is 0 Å². The summed E-state index contributed by atoms with van der Waals surface area (Å²) in [6.07, 6.45) is 0. The third-order valence-corrected chi connectivity index (χ3v) is 5.93. The Morgan fingerprint density at radius 2 is 1.90 bits per heavy atom. The number of carbonyl (C=O) groups is 2. The van der Waals surface area contributed by atoms with Crippen LogP contribution >= 0.6 is 27.7 Å². The van der Waals surface area contributed by atoms with Crippen LogP contribution in [0, 0.1) is 0 Å². The maximum atomic E-state index is 13.0.